The highest BCUT2D eigenvalue weighted by atomic mass is 19.2. The molecule has 1 aromatic rings. The van der Waals surface area contributed by atoms with Crippen molar-refractivity contribution in [3.05, 3.63) is 46.7 Å². The maximum Gasteiger partial charge on any atom is 0.343 e. The lowest BCUT2D eigenvalue weighted by atomic mass is 10.0. The molecule has 0 saturated carbocycles. The molecule has 114 valence electrons. The highest BCUT2D eigenvalue weighted by molar-refractivity contribution is 6.24. The van der Waals surface area contributed by atoms with E-state index in [1.807, 2.05) is 0 Å². The highest BCUT2D eigenvalue weighted by Crippen LogP contribution is 2.22. The van der Waals surface area contributed by atoms with Gasteiger partial charge in [0.05, 0.1) is 6.61 Å². The van der Waals surface area contributed by atoms with E-state index < -0.39 is 46.2 Å². The maximum atomic E-state index is 13.5. The largest absolute Gasteiger partial charge is 0.462 e. The van der Waals surface area contributed by atoms with Gasteiger partial charge in [-0.2, -0.15) is 0 Å². The fourth-order valence-electron chi connectivity index (χ4n) is 1.48. The molecule has 0 heterocycles. The van der Waals surface area contributed by atoms with E-state index in [0.717, 1.165) is 6.20 Å². The molecule has 0 aliphatic carbocycles. The second-order valence-corrected chi connectivity index (χ2v) is 3.74. The van der Waals surface area contributed by atoms with Crippen LogP contribution in [0.1, 0.15) is 17.3 Å². The molecule has 0 fully saturated rings. The third-order valence-electron chi connectivity index (χ3n) is 2.37. The Morgan fingerprint density at radius 2 is 1.71 bits per heavy atom. The average molecular weight is 305 g/mol. The van der Waals surface area contributed by atoms with Gasteiger partial charge in [-0.1, -0.05) is 0 Å². The first kappa shape index (κ1) is 16.7. The summed E-state index contributed by atoms with van der Waals surface area (Å²) in [7, 11) is 1.31. The molecule has 0 unspecified atom stereocenters. The summed E-state index contributed by atoms with van der Waals surface area (Å²) in [5, 5.41) is 2.31. The summed E-state index contributed by atoms with van der Waals surface area (Å²) < 4.78 is 57.8. The van der Waals surface area contributed by atoms with Crippen LogP contribution in [0.25, 0.3) is 0 Å². The number of halogens is 4. The number of rotatable bonds is 5. The number of esters is 1. The normalized spacial score (nSPS) is 11.2. The van der Waals surface area contributed by atoms with E-state index in [2.05, 4.69) is 10.1 Å². The van der Waals surface area contributed by atoms with Crippen molar-refractivity contribution in [2.75, 3.05) is 13.7 Å². The molecule has 0 saturated heterocycles. The molecule has 0 aliphatic rings. The molecule has 0 bridgehead atoms. The van der Waals surface area contributed by atoms with Crippen molar-refractivity contribution in [2.45, 2.75) is 6.92 Å². The predicted octanol–water partition coefficient (Wildman–Crippen LogP) is 2.09. The zero-order chi connectivity index (χ0) is 16.2. The zero-order valence-electron chi connectivity index (χ0n) is 11.1. The van der Waals surface area contributed by atoms with Crippen molar-refractivity contribution in [3.8, 4) is 0 Å². The molecule has 1 N–H and O–H groups in total. The smallest absolute Gasteiger partial charge is 0.343 e. The van der Waals surface area contributed by atoms with E-state index in [0.29, 0.717) is 0 Å². The number of Topliss-reactive ketones (excluding diaryl/α,β-unsaturated/α-hetero) is 1. The molecule has 21 heavy (non-hydrogen) atoms. The number of ketones is 1. The van der Waals surface area contributed by atoms with Crippen molar-refractivity contribution < 1.29 is 31.9 Å². The minimum absolute atomic E-state index is 0.0345. The van der Waals surface area contributed by atoms with E-state index in [1.165, 1.54) is 14.0 Å². The Kier molecular flexibility index (Phi) is 5.45. The van der Waals surface area contributed by atoms with Gasteiger partial charge < -0.3 is 10.1 Å². The van der Waals surface area contributed by atoms with Crippen LogP contribution in [0.2, 0.25) is 0 Å². The Morgan fingerprint density at radius 3 is 2.14 bits per heavy atom. The monoisotopic (exact) mass is 305 g/mol. The van der Waals surface area contributed by atoms with Crippen LogP contribution in [0.3, 0.4) is 0 Å². The van der Waals surface area contributed by atoms with Crippen molar-refractivity contribution >= 4 is 11.8 Å². The summed E-state index contributed by atoms with van der Waals surface area (Å²) >= 11 is 0. The Bertz CT molecular complexity index is 588. The van der Waals surface area contributed by atoms with Crippen molar-refractivity contribution in [1.29, 1.82) is 0 Å². The molecule has 0 radical (unpaired) electrons. The summed E-state index contributed by atoms with van der Waals surface area (Å²) in [6.45, 7) is 1.35. The Balaban J connectivity index is 3.42. The van der Waals surface area contributed by atoms with Crippen LogP contribution in [-0.2, 0) is 9.53 Å². The summed E-state index contributed by atoms with van der Waals surface area (Å²) in [4.78, 5) is 23.5. The van der Waals surface area contributed by atoms with Crippen LogP contribution < -0.4 is 5.32 Å². The number of nitrogens with one attached hydrogen (secondary N) is 1. The molecule has 0 atom stereocenters. The number of hydrogen-bond donors (Lipinski definition) is 1. The molecule has 1 rings (SSSR count). The van der Waals surface area contributed by atoms with Gasteiger partial charge >= 0.3 is 5.97 Å². The Labute approximate surface area is 117 Å². The number of carbonyl (C=O) groups is 2. The molecule has 1 aromatic carbocycles. The van der Waals surface area contributed by atoms with E-state index in [9.17, 15) is 27.2 Å². The minimum atomic E-state index is -1.88. The van der Waals surface area contributed by atoms with Gasteiger partial charge in [-0.25, -0.2) is 22.4 Å². The Hall–Kier alpha value is -2.38. The number of ether oxygens (including phenoxy) is 1. The van der Waals surface area contributed by atoms with Gasteiger partial charge in [-0.15, -0.1) is 0 Å². The van der Waals surface area contributed by atoms with E-state index in [-0.39, 0.29) is 12.7 Å². The molecule has 8 heteroatoms. The molecular formula is C13H11F4NO3. The van der Waals surface area contributed by atoms with Crippen LogP contribution in [-0.4, -0.2) is 25.4 Å². The third-order valence-corrected chi connectivity index (χ3v) is 2.37. The van der Waals surface area contributed by atoms with Gasteiger partial charge in [0, 0.05) is 19.3 Å². The van der Waals surface area contributed by atoms with Gasteiger partial charge in [-0.3, -0.25) is 4.79 Å². The molecule has 4 nitrogen and oxygen atoms in total. The summed E-state index contributed by atoms with van der Waals surface area (Å²) in [6.07, 6.45) is 0.821. The van der Waals surface area contributed by atoms with E-state index in [1.54, 1.807) is 0 Å². The third kappa shape index (κ3) is 3.39. The quantitative estimate of drug-likeness (QED) is 0.172. The molecule has 0 aromatic heterocycles. The molecule has 0 spiro atoms. The summed E-state index contributed by atoms with van der Waals surface area (Å²) in [5.74, 6) is -9.97. The van der Waals surface area contributed by atoms with Gasteiger partial charge in [0.25, 0.3) is 0 Å². The van der Waals surface area contributed by atoms with Gasteiger partial charge in [0.1, 0.15) is 11.1 Å². The zero-order valence-corrected chi connectivity index (χ0v) is 11.1. The van der Waals surface area contributed by atoms with Crippen molar-refractivity contribution in [1.82, 2.24) is 5.32 Å². The standard InChI is InChI=1S/C13H11F4NO3/c1-3-21-13(20)6(5-18-2)12(19)9-10(16)7(14)4-8(15)11(9)17/h4-5,18H,3H2,1-2H3/b6-5+. The second-order valence-electron chi connectivity index (χ2n) is 3.74. The van der Waals surface area contributed by atoms with Gasteiger partial charge in [-0.05, 0) is 6.92 Å². The molecule has 0 aliphatic heterocycles. The van der Waals surface area contributed by atoms with Crippen LogP contribution in [0, 0.1) is 23.3 Å². The van der Waals surface area contributed by atoms with Crippen LogP contribution in [0.5, 0.6) is 0 Å². The van der Waals surface area contributed by atoms with Crippen LogP contribution >= 0.6 is 0 Å². The van der Waals surface area contributed by atoms with Gasteiger partial charge in [0.15, 0.2) is 23.3 Å². The Morgan fingerprint density at radius 1 is 1.19 bits per heavy atom. The maximum absolute atomic E-state index is 13.5. The first-order chi connectivity index (χ1) is 9.84. The van der Waals surface area contributed by atoms with E-state index in [4.69, 9.17) is 0 Å². The fraction of sp³-hybridized carbons (Fsp3) is 0.231. The second kappa shape index (κ2) is 6.87. The average Bonchev–Trinajstić information content (AvgIpc) is 2.43. The minimum Gasteiger partial charge on any atom is -0.462 e. The first-order valence-corrected chi connectivity index (χ1v) is 5.77. The summed E-state index contributed by atoms with van der Waals surface area (Å²) in [6, 6.07) is -0.0345. The summed E-state index contributed by atoms with van der Waals surface area (Å²) in [5.41, 5.74) is -2.29. The lowest BCUT2D eigenvalue weighted by Crippen LogP contribution is -2.21. The SMILES string of the molecule is CCOC(=O)/C(=C/NC)C(=O)c1c(F)c(F)cc(F)c1F. The molecule has 0 amide bonds. The van der Waals surface area contributed by atoms with E-state index >= 15 is 0 Å². The fourth-order valence-corrected chi connectivity index (χ4v) is 1.48. The number of carbonyl (C=O) groups excluding carboxylic acids is 2. The lowest BCUT2D eigenvalue weighted by molar-refractivity contribution is -0.138. The van der Waals surface area contributed by atoms with Crippen LogP contribution in [0.4, 0.5) is 17.6 Å². The lowest BCUT2D eigenvalue weighted by Gasteiger charge is -2.09. The molecular weight excluding hydrogens is 294 g/mol. The highest BCUT2D eigenvalue weighted by Gasteiger charge is 2.30. The van der Waals surface area contributed by atoms with Crippen LogP contribution in [0.15, 0.2) is 17.8 Å². The predicted molar refractivity (Wildman–Crippen MR) is 64.4 cm³/mol. The van der Waals surface area contributed by atoms with Gasteiger partial charge in [0.2, 0.25) is 5.78 Å². The first-order valence-electron chi connectivity index (χ1n) is 5.77. The number of hydrogen-bond acceptors (Lipinski definition) is 4. The number of benzene rings is 1. The topological polar surface area (TPSA) is 55.4 Å². The van der Waals surface area contributed by atoms with Crippen molar-refractivity contribution in [3.63, 3.8) is 0 Å². The van der Waals surface area contributed by atoms with Crippen molar-refractivity contribution in [2.24, 2.45) is 0 Å².